The first kappa shape index (κ1) is 16.0. The van der Waals surface area contributed by atoms with Crippen molar-refractivity contribution >= 4 is 40.0 Å². The predicted octanol–water partition coefficient (Wildman–Crippen LogP) is 3.83. The van der Waals surface area contributed by atoms with Crippen LogP contribution in [0.4, 0.5) is 0 Å². The average molecular weight is 374 g/mol. The first-order valence-corrected chi connectivity index (χ1v) is 8.51. The lowest BCUT2D eigenvalue weighted by Crippen LogP contribution is -2.39. The number of aromatic amines is 2. The molecule has 3 aromatic rings. The molecule has 1 aliphatic rings. The van der Waals surface area contributed by atoms with Crippen LogP contribution in [0.2, 0.25) is 10.0 Å². The summed E-state index contributed by atoms with van der Waals surface area (Å²) in [6, 6.07) is 5.47. The van der Waals surface area contributed by atoms with Crippen LogP contribution < -0.4 is 0 Å². The standard InChI is InChI=1S/C17H13Cl2N5O/c1-8-13-10-2-3-11(18)14(19)15(10)23-12(13)4-5-24(8)17(25)16-21-7-9(6-20)22-16/h2-3,7-8,23H,4-5H2,1H3,(H,21,22)/t8-/m0/s1. The zero-order valence-electron chi connectivity index (χ0n) is 13.2. The Labute approximate surface area is 153 Å². The van der Waals surface area contributed by atoms with Gasteiger partial charge in [0, 0.05) is 29.6 Å². The van der Waals surface area contributed by atoms with Gasteiger partial charge >= 0.3 is 0 Å². The summed E-state index contributed by atoms with van der Waals surface area (Å²) in [7, 11) is 0. The second-order valence-electron chi connectivity index (χ2n) is 5.98. The number of imidazole rings is 1. The van der Waals surface area contributed by atoms with Crippen LogP contribution >= 0.6 is 23.2 Å². The number of hydrogen-bond acceptors (Lipinski definition) is 3. The molecule has 0 spiro atoms. The van der Waals surface area contributed by atoms with E-state index in [0.29, 0.717) is 23.0 Å². The Balaban J connectivity index is 1.76. The van der Waals surface area contributed by atoms with Gasteiger partial charge in [0.25, 0.3) is 5.91 Å². The molecule has 2 aromatic heterocycles. The lowest BCUT2D eigenvalue weighted by atomic mass is 9.97. The average Bonchev–Trinajstić information content (AvgIpc) is 3.23. The Morgan fingerprint density at radius 1 is 1.40 bits per heavy atom. The molecule has 1 amide bonds. The number of carbonyl (C=O) groups is 1. The minimum Gasteiger partial charge on any atom is -0.357 e. The highest BCUT2D eigenvalue weighted by atomic mass is 35.5. The zero-order chi connectivity index (χ0) is 17.7. The fourth-order valence-corrected chi connectivity index (χ4v) is 3.80. The van der Waals surface area contributed by atoms with Gasteiger partial charge in [0.15, 0.2) is 5.82 Å². The van der Waals surface area contributed by atoms with E-state index < -0.39 is 0 Å². The molecular weight excluding hydrogens is 361 g/mol. The number of amides is 1. The van der Waals surface area contributed by atoms with Gasteiger partial charge in [-0.2, -0.15) is 5.26 Å². The minimum absolute atomic E-state index is 0.155. The van der Waals surface area contributed by atoms with Gasteiger partial charge in [0.1, 0.15) is 11.8 Å². The highest BCUT2D eigenvalue weighted by Gasteiger charge is 2.32. The lowest BCUT2D eigenvalue weighted by molar-refractivity contribution is 0.0667. The van der Waals surface area contributed by atoms with Crippen molar-refractivity contribution < 1.29 is 4.79 Å². The molecule has 1 atom stereocenters. The van der Waals surface area contributed by atoms with Gasteiger partial charge in [0.05, 0.1) is 27.8 Å². The number of aromatic nitrogens is 3. The van der Waals surface area contributed by atoms with E-state index in [9.17, 15) is 4.79 Å². The summed E-state index contributed by atoms with van der Waals surface area (Å²) in [5.74, 6) is -0.0539. The molecule has 0 unspecified atom stereocenters. The monoisotopic (exact) mass is 373 g/mol. The molecule has 0 bridgehead atoms. The van der Waals surface area contributed by atoms with Crippen LogP contribution in [0.5, 0.6) is 0 Å². The summed E-state index contributed by atoms with van der Waals surface area (Å²) < 4.78 is 0. The van der Waals surface area contributed by atoms with E-state index >= 15 is 0 Å². The smallest absolute Gasteiger partial charge is 0.290 e. The number of H-pyrrole nitrogens is 2. The topological polar surface area (TPSA) is 88.6 Å². The first-order valence-electron chi connectivity index (χ1n) is 7.75. The first-order chi connectivity index (χ1) is 12.0. The Morgan fingerprint density at radius 2 is 2.20 bits per heavy atom. The van der Waals surface area contributed by atoms with E-state index in [-0.39, 0.29) is 23.5 Å². The number of hydrogen-bond donors (Lipinski definition) is 2. The van der Waals surface area contributed by atoms with Crippen molar-refractivity contribution in [2.45, 2.75) is 19.4 Å². The van der Waals surface area contributed by atoms with Gasteiger partial charge in [-0.25, -0.2) is 4.98 Å². The molecular formula is C17H13Cl2N5O. The molecule has 126 valence electrons. The third kappa shape index (κ3) is 2.39. The Kier molecular flexibility index (Phi) is 3.71. The third-order valence-corrected chi connectivity index (χ3v) is 5.44. The fraction of sp³-hybridized carbons (Fsp3) is 0.235. The number of carbonyl (C=O) groups excluding carboxylic acids is 1. The van der Waals surface area contributed by atoms with E-state index in [1.165, 1.54) is 6.20 Å². The molecule has 4 rings (SSSR count). The number of rotatable bonds is 1. The molecule has 8 heteroatoms. The highest BCUT2D eigenvalue weighted by Crippen LogP contribution is 2.40. The molecule has 0 saturated carbocycles. The van der Waals surface area contributed by atoms with Crippen LogP contribution in [0.25, 0.3) is 10.9 Å². The highest BCUT2D eigenvalue weighted by molar-refractivity contribution is 6.45. The summed E-state index contributed by atoms with van der Waals surface area (Å²) >= 11 is 12.4. The molecule has 0 saturated heterocycles. The molecule has 1 aromatic carbocycles. The second kappa shape index (κ2) is 5.80. The normalized spacial score (nSPS) is 16.7. The predicted molar refractivity (Wildman–Crippen MR) is 94.8 cm³/mol. The number of nitrogens with one attached hydrogen (secondary N) is 2. The quantitative estimate of drug-likeness (QED) is 0.679. The van der Waals surface area contributed by atoms with Crippen LogP contribution in [0.1, 0.15) is 40.5 Å². The van der Waals surface area contributed by atoms with Gasteiger partial charge in [-0.15, -0.1) is 0 Å². The van der Waals surface area contributed by atoms with Crippen LogP contribution in [-0.2, 0) is 6.42 Å². The van der Waals surface area contributed by atoms with Gasteiger partial charge in [0.2, 0.25) is 0 Å². The summed E-state index contributed by atoms with van der Waals surface area (Å²) in [4.78, 5) is 24.6. The third-order valence-electron chi connectivity index (χ3n) is 4.63. The summed E-state index contributed by atoms with van der Waals surface area (Å²) in [6.07, 6.45) is 2.04. The van der Waals surface area contributed by atoms with Crippen molar-refractivity contribution in [2.24, 2.45) is 0 Å². The van der Waals surface area contributed by atoms with E-state index in [4.69, 9.17) is 28.5 Å². The van der Waals surface area contributed by atoms with Crippen LogP contribution in [0, 0.1) is 11.3 Å². The maximum Gasteiger partial charge on any atom is 0.290 e. The van der Waals surface area contributed by atoms with E-state index in [0.717, 1.165) is 22.2 Å². The van der Waals surface area contributed by atoms with Crippen molar-refractivity contribution in [3.05, 3.63) is 51.2 Å². The molecule has 0 aliphatic carbocycles. The number of benzene rings is 1. The van der Waals surface area contributed by atoms with E-state index in [2.05, 4.69) is 15.0 Å². The maximum atomic E-state index is 12.8. The molecule has 0 radical (unpaired) electrons. The summed E-state index contributed by atoms with van der Waals surface area (Å²) in [5, 5.41) is 10.8. The fourth-order valence-electron chi connectivity index (χ4n) is 3.43. The largest absolute Gasteiger partial charge is 0.357 e. The van der Waals surface area contributed by atoms with Crippen LogP contribution in [0.3, 0.4) is 0 Å². The van der Waals surface area contributed by atoms with Crippen LogP contribution in [0.15, 0.2) is 18.3 Å². The van der Waals surface area contributed by atoms with E-state index in [1.807, 2.05) is 19.1 Å². The maximum absolute atomic E-state index is 12.8. The van der Waals surface area contributed by atoms with Gasteiger partial charge in [-0.1, -0.05) is 29.3 Å². The van der Waals surface area contributed by atoms with Gasteiger partial charge < -0.3 is 14.9 Å². The SMILES string of the molecule is C[C@H]1c2c([nH]c3c(Cl)c(Cl)ccc23)CCN1C(=O)c1ncc(C#N)[nH]1. The van der Waals surface area contributed by atoms with Gasteiger partial charge in [-0.3, -0.25) is 4.79 Å². The number of nitriles is 1. The van der Waals surface area contributed by atoms with Crippen molar-refractivity contribution in [1.82, 2.24) is 19.9 Å². The molecule has 25 heavy (non-hydrogen) atoms. The summed E-state index contributed by atoms with van der Waals surface area (Å²) in [5.41, 5.74) is 3.17. The van der Waals surface area contributed by atoms with Crippen molar-refractivity contribution in [3.8, 4) is 6.07 Å². The van der Waals surface area contributed by atoms with Crippen LogP contribution in [-0.4, -0.2) is 32.3 Å². The molecule has 6 nitrogen and oxygen atoms in total. The summed E-state index contributed by atoms with van der Waals surface area (Å²) in [6.45, 7) is 2.52. The minimum atomic E-state index is -0.228. The van der Waals surface area contributed by atoms with Crippen molar-refractivity contribution in [1.29, 1.82) is 5.26 Å². The number of nitrogens with zero attached hydrogens (tertiary/aromatic N) is 3. The second-order valence-corrected chi connectivity index (χ2v) is 6.77. The Morgan fingerprint density at radius 3 is 2.92 bits per heavy atom. The Hall–Kier alpha value is -2.49. The number of halogens is 2. The van der Waals surface area contributed by atoms with Crippen molar-refractivity contribution in [3.63, 3.8) is 0 Å². The molecule has 0 fully saturated rings. The molecule has 3 heterocycles. The Bertz CT molecular complexity index is 1050. The van der Waals surface area contributed by atoms with Crippen molar-refractivity contribution in [2.75, 3.05) is 6.54 Å². The zero-order valence-corrected chi connectivity index (χ0v) is 14.7. The van der Waals surface area contributed by atoms with E-state index in [1.54, 1.807) is 11.0 Å². The van der Waals surface area contributed by atoms with Gasteiger partial charge in [-0.05, 0) is 13.0 Å². The molecule has 2 N–H and O–H groups in total. The lowest BCUT2D eigenvalue weighted by Gasteiger charge is -2.33. The molecule has 1 aliphatic heterocycles. The number of fused-ring (bicyclic) bond motifs is 3.